The number of rotatable bonds is 4. The minimum absolute atomic E-state index is 0.0380. The number of aromatic nitrogens is 4. The zero-order valence-electron chi connectivity index (χ0n) is 19.0. The van der Waals surface area contributed by atoms with Crippen molar-refractivity contribution in [1.29, 1.82) is 0 Å². The van der Waals surface area contributed by atoms with Crippen LogP contribution in [-0.4, -0.2) is 59.2 Å². The van der Waals surface area contributed by atoms with E-state index in [-0.39, 0.29) is 5.82 Å². The summed E-state index contributed by atoms with van der Waals surface area (Å²) in [7, 11) is 0. The summed E-state index contributed by atoms with van der Waals surface area (Å²) in [5, 5.41) is 0.591. The SMILES string of the molecule is FC(F)(F)c1cccnc1N1CCN(c2nc(-c3cccc(Cl)c3)nc(N3CCCCC3)n2)CC1. The van der Waals surface area contributed by atoms with Crippen molar-refractivity contribution >= 4 is 29.3 Å². The highest BCUT2D eigenvalue weighted by molar-refractivity contribution is 6.30. The van der Waals surface area contributed by atoms with Crippen LogP contribution >= 0.6 is 11.6 Å². The van der Waals surface area contributed by atoms with E-state index in [0.29, 0.717) is 48.9 Å². The van der Waals surface area contributed by atoms with Crippen LogP contribution in [0.15, 0.2) is 42.6 Å². The van der Waals surface area contributed by atoms with Gasteiger partial charge < -0.3 is 14.7 Å². The van der Waals surface area contributed by atoms with Crippen LogP contribution < -0.4 is 14.7 Å². The molecule has 184 valence electrons. The lowest BCUT2D eigenvalue weighted by molar-refractivity contribution is -0.137. The molecule has 1 aromatic carbocycles. The summed E-state index contributed by atoms with van der Waals surface area (Å²) in [4.78, 5) is 24.1. The lowest BCUT2D eigenvalue weighted by Crippen LogP contribution is -2.48. The predicted molar refractivity (Wildman–Crippen MR) is 130 cm³/mol. The lowest BCUT2D eigenvalue weighted by Gasteiger charge is -2.36. The molecule has 0 aliphatic carbocycles. The Kier molecular flexibility index (Phi) is 6.64. The van der Waals surface area contributed by atoms with E-state index in [1.165, 1.54) is 18.7 Å². The number of piperazine rings is 1. The van der Waals surface area contributed by atoms with Crippen LogP contribution in [0, 0.1) is 0 Å². The third-order valence-electron chi connectivity index (χ3n) is 6.29. The van der Waals surface area contributed by atoms with Crippen LogP contribution in [0.2, 0.25) is 5.02 Å². The number of alkyl halides is 3. The molecule has 0 bridgehead atoms. The van der Waals surface area contributed by atoms with Crippen LogP contribution in [0.3, 0.4) is 0 Å². The Morgan fingerprint density at radius 1 is 0.743 bits per heavy atom. The van der Waals surface area contributed by atoms with Crippen molar-refractivity contribution in [2.75, 3.05) is 54.0 Å². The lowest BCUT2D eigenvalue weighted by atomic mass is 10.1. The number of anilines is 3. The van der Waals surface area contributed by atoms with E-state index in [9.17, 15) is 13.2 Å². The first-order chi connectivity index (χ1) is 16.9. The Hall–Kier alpha value is -3.14. The van der Waals surface area contributed by atoms with Crippen molar-refractivity contribution in [2.45, 2.75) is 25.4 Å². The highest BCUT2D eigenvalue weighted by atomic mass is 35.5. The maximum absolute atomic E-state index is 13.5. The maximum atomic E-state index is 13.5. The molecule has 35 heavy (non-hydrogen) atoms. The quantitative estimate of drug-likeness (QED) is 0.500. The highest BCUT2D eigenvalue weighted by Gasteiger charge is 2.36. The maximum Gasteiger partial charge on any atom is 0.419 e. The molecule has 0 amide bonds. The van der Waals surface area contributed by atoms with Gasteiger partial charge in [-0.1, -0.05) is 23.7 Å². The van der Waals surface area contributed by atoms with Gasteiger partial charge in [0.25, 0.3) is 0 Å². The monoisotopic (exact) mass is 503 g/mol. The van der Waals surface area contributed by atoms with Gasteiger partial charge in [-0.05, 0) is 43.5 Å². The summed E-state index contributed by atoms with van der Waals surface area (Å²) in [5.74, 6) is 1.64. The fourth-order valence-corrected chi connectivity index (χ4v) is 4.67. The molecule has 2 aliphatic heterocycles. The molecule has 2 saturated heterocycles. The molecule has 0 spiro atoms. The van der Waals surface area contributed by atoms with E-state index in [0.717, 1.165) is 37.6 Å². The first-order valence-corrected chi connectivity index (χ1v) is 12.1. The van der Waals surface area contributed by atoms with Crippen molar-refractivity contribution in [2.24, 2.45) is 0 Å². The molecule has 5 rings (SSSR count). The Labute approximate surface area is 206 Å². The number of piperidine rings is 1. The normalized spacial score (nSPS) is 17.1. The van der Waals surface area contributed by atoms with E-state index in [1.54, 1.807) is 11.0 Å². The summed E-state index contributed by atoms with van der Waals surface area (Å²) < 4.78 is 40.4. The van der Waals surface area contributed by atoms with Gasteiger partial charge in [0.1, 0.15) is 5.82 Å². The fraction of sp³-hybridized carbons (Fsp3) is 0.417. The van der Waals surface area contributed by atoms with Gasteiger partial charge in [0, 0.05) is 56.1 Å². The van der Waals surface area contributed by atoms with Crippen LogP contribution in [0.1, 0.15) is 24.8 Å². The van der Waals surface area contributed by atoms with Crippen LogP contribution in [0.25, 0.3) is 11.4 Å². The summed E-state index contributed by atoms with van der Waals surface area (Å²) in [6, 6.07) is 9.76. The van der Waals surface area contributed by atoms with Crippen LogP contribution in [0.4, 0.5) is 30.9 Å². The molecule has 0 radical (unpaired) electrons. The zero-order valence-corrected chi connectivity index (χ0v) is 19.8. The second-order valence-corrected chi connectivity index (χ2v) is 9.10. The van der Waals surface area contributed by atoms with E-state index in [2.05, 4.69) is 9.88 Å². The number of nitrogens with zero attached hydrogens (tertiary/aromatic N) is 7. The summed E-state index contributed by atoms with van der Waals surface area (Å²) in [5.41, 5.74) is 0.0746. The third-order valence-corrected chi connectivity index (χ3v) is 6.52. The topological polar surface area (TPSA) is 61.3 Å². The van der Waals surface area contributed by atoms with Crippen molar-refractivity contribution in [3.63, 3.8) is 0 Å². The number of benzene rings is 1. The molecule has 0 N–H and O–H groups in total. The van der Waals surface area contributed by atoms with Crippen molar-refractivity contribution < 1.29 is 13.2 Å². The molecule has 2 fully saturated rings. The average molecular weight is 504 g/mol. The van der Waals surface area contributed by atoms with Crippen LogP contribution in [-0.2, 0) is 6.18 Å². The Morgan fingerprint density at radius 2 is 1.40 bits per heavy atom. The van der Waals surface area contributed by atoms with E-state index < -0.39 is 11.7 Å². The summed E-state index contributed by atoms with van der Waals surface area (Å²) in [6.45, 7) is 3.44. The largest absolute Gasteiger partial charge is 0.419 e. The molecule has 11 heteroatoms. The molecule has 3 aromatic rings. The minimum atomic E-state index is -4.45. The van der Waals surface area contributed by atoms with Crippen molar-refractivity contribution in [3.05, 3.63) is 53.2 Å². The third kappa shape index (κ3) is 5.27. The number of hydrogen-bond donors (Lipinski definition) is 0. The Morgan fingerprint density at radius 3 is 2.06 bits per heavy atom. The molecular formula is C24H25ClF3N7. The molecule has 0 unspecified atom stereocenters. The van der Waals surface area contributed by atoms with Crippen LogP contribution in [0.5, 0.6) is 0 Å². The zero-order chi connectivity index (χ0) is 24.4. The molecule has 2 aromatic heterocycles. The Balaban J connectivity index is 1.42. The minimum Gasteiger partial charge on any atom is -0.353 e. The van der Waals surface area contributed by atoms with E-state index in [1.807, 2.05) is 23.1 Å². The molecule has 7 nitrogen and oxygen atoms in total. The molecule has 0 saturated carbocycles. The fourth-order valence-electron chi connectivity index (χ4n) is 4.48. The average Bonchev–Trinajstić information content (AvgIpc) is 2.88. The van der Waals surface area contributed by atoms with Gasteiger partial charge in [-0.2, -0.15) is 28.1 Å². The highest BCUT2D eigenvalue weighted by Crippen LogP contribution is 2.35. The number of hydrogen-bond acceptors (Lipinski definition) is 7. The Bertz CT molecular complexity index is 1180. The summed E-state index contributed by atoms with van der Waals surface area (Å²) >= 11 is 6.21. The second kappa shape index (κ2) is 9.85. The molecule has 2 aliphatic rings. The van der Waals surface area contributed by atoms with Gasteiger partial charge >= 0.3 is 6.18 Å². The summed E-state index contributed by atoms with van der Waals surface area (Å²) in [6.07, 6.45) is 0.288. The molecular weight excluding hydrogens is 479 g/mol. The van der Waals surface area contributed by atoms with Gasteiger partial charge in [0.2, 0.25) is 11.9 Å². The first kappa shape index (κ1) is 23.6. The van der Waals surface area contributed by atoms with Gasteiger partial charge in [-0.25, -0.2) is 4.98 Å². The van der Waals surface area contributed by atoms with Gasteiger partial charge in [-0.3, -0.25) is 0 Å². The second-order valence-electron chi connectivity index (χ2n) is 8.66. The smallest absolute Gasteiger partial charge is 0.353 e. The standard InChI is InChI=1S/C24H25ClF3N7/c25-18-7-4-6-17(16-18)20-30-22(34-10-2-1-3-11-34)32-23(31-20)35-14-12-33(13-15-35)21-19(24(26,27)28)8-5-9-29-21/h4-9,16H,1-3,10-15H2. The molecule has 4 heterocycles. The van der Waals surface area contributed by atoms with Gasteiger partial charge in [-0.15, -0.1) is 0 Å². The predicted octanol–water partition coefficient (Wildman–Crippen LogP) is 4.92. The van der Waals surface area contributed by atoms with Crippen molar-refractivity contribution in [1.82, 2.24) is 19.9 Å². The van der Waals surface area contributed by atoms with Gasteiger partial charge in [0.05, 0.1) is 5.56 Å². The van der Waals surface area contributed by atoms with Crippen molar-refractivity contribution in [3.8, 4) is 11.4 Å². The van der Waals surface area contributed by atoms with E-state index >= 15 is 0 Å². The van der Waals surface area contributed by atoms with E-state index in [4.69, 9.17) is 26.6 Å². The first-order valence-electron chi connectivity index (χ1n) is 11.7. The van der Waals surface area contributed by atoms with Gasteiger partial charge in [0.15, 0.2) is 5.82 Å². The number of pyridine rings is 1. The molecule has 0 atom stereocenters. The number of halogens is 4.